The number of aromatic nitrogens is 2. The Kier molecular flexibility index (Phi) is 5.89. The van der Waals surface area contributed by atoms with Crippen molar-refractivity contribution in [3.05, 3.63) is 78.1 Å². The van der Waals surface area contributed by atoms with Crippen molar-refractivity contribution in [2.75, 3.05) is 14.2 Å². The molecule has 0 aliphatic carbocycles. The van der Waals surface area contributed by atoms with Crippen LogP contribution in [0.2, 0.25) is 0 Å². The Bertz CT molecular complexity index is 932. The quantitative estimate of drug-likeness (QED) is 0.473. The van der Waals surface area contributed by atoms with Crippen LogP contribution in [0, 0.1) is 0 Å². The molecule has 138 valence electrons. The molecule has 0 radical (unpaired) electrons. The van der Waals surface area contributed by atoms with Gasteiger partial charge in [-0.25, -0.2) is 9.48 Å². The van der Waals surface area contributed by atoms with Crippen molar-refractivity contribution in [2.45, 2.75) is 6.61 Å². The number of carbonyl (C=O) groups is 1. The predicted molar refractivity (Wildman–Crippen MR) is 102 cm³/mol. The van der Waals surface area contributed by atoms with E-state index in [4.69, 9.17) is 14.2 Å². The Hall–Kier alpha value is -3.54. The van der Waals surface area contributed by atoms with E-state index in [1.165, 1.54) is 6.08 Å². The highest BCUT2D eigenvalue weighted by atomic mass is 16.5. The second-order valence-corrected chi connectivity index (χ2v) is 5.64. The normalized spacial score (nSPS) is 10.7. The van der Waals surface area contributed by atoms with Gasteiger partial charge in [-0.2, -0.15) is 5.10 Å². The zero-order valence-electron chi connectivity index (χ0n) is 15.2. The highest BCUT2D eigenvalue weighted by molar-refractivity contribution is 5.87. The van der Waals surface area contributed by atoms with E-state index in [1.807, 2.05) is 48.7 Å². The van der Waals surface area contributed by atoms with Crippen molar-refractivity contribution in [3.63, 3.8) is 0 Å². The Morgan fingerprint density at radius 2 is 1.81 bits per heavy atom. The molecule has 3 rings (SSSR count). The van der Waals surface area contributed by atoms with Gasteiger partial charge in [0.15, 0.2) is 11.5 Å². The van der Waals surface area contributed by atoms with E-state index in [0.29, 0.717) is 17.2 Å². The molecule has 0 aliphatic rings. The molecule has 0 fully saturated rings. The van der Waals surface area contributed by atoms with Crippen LogP contribution in [0.3, 0.4) is 0 Å². The molecule has 1 heterocycles. The van der Waals surface area contributed by atoms with Gasteiger partial charge in [-0.05, 0) is 42.0 Å². The monoisotopic (exact) mass is 364 g/mol. The van der Waals surface area contributed by atoms with Gasteiger partial charge in [0.1, 0.15) is 12.3 Å². The van der Waals surface area contributed by atoms with Crippen molar-refractivity contribution in [3.8, 4) is 17.2 Å². The lowest BCUT2D eigenvalue weighted by atomic mass is 10.2. The second-order valence-electron chi connectivity index (χ2n) is 5.64. The van der Waals surface area contributed by atoms with Crippen LogP contribution >= 0.6 is 0 Å². The number of esters is 1. The smallest absolute Gasteiger partial charge is 0.331 e. The first kappa shape index (κ1) is 18.3. The molecule has 0 N–H and O–H groups in total. The van der Waals surface area contributed by atoms with Crippen molar-refractivity contribution in [1.82, 2.24) is 9.78 Å². The fourth-order valence-electron chi connectivity index (χ4n) is 2.48. The minimum Gasteiger partial charge on any atom is -0.493 e. The molecule has 27 heavy (non-hydrogen) atoms. The number of methoxy groups -OCH3 is 2. The molecule has 0 saturated heterocycles. The maximum atomic E-state index is 11.9. The maximum Gasteiger partial charge on any atom is 0.331 e. The Morgan fingerprint density at radius 3 is 2.56 bits per heavy atom. The van der Waals surface area contributed by atoms with Crippen LogP contribution in [0.4, 0.5) is 0 Å². The average Bonchev–Trinajstić information content (AvgIpc) is 3.20. The van der Waals surface area contributed by atoms with Crippen LogP contribution in [-0.2, 0) is 16.1 Å². The van der Waals surface area contributed by atoms with Crippen molar-refractivity contribution < 1.29 is 19.0 Å². The summed E-state index contributed by atoms with van der Waals surface area (Å²) in [6.45, 7) is 0.106. The van der Waals surface area contributed by atoms with Gasteiger partial charge < -0.3 is 14.2 Å². The van der Waals surface area contributed by atoms with E-state index in [0.717, 1.165) is 11.3 Å². The van der Waals surface area contributed by atoms with Gasteiger partial charge >= 0.3 is 5.97 Å². The third kappa shape index (κ3) is 4.76. The summed E-state index contributed by atoms with van der Waals surface area (Å²) >= 11 is 0. The van der Waals surface area contributed by atoms with E-state index >= 15 is 0 Å². The lowest BCUT2D eigenvalue weighted by molar-refractivity contribution is -0.139. The Labute approximate surface area is 157 Å². The summed E-state index contributed by atoms with van der Waals surface area (Å²) in [7, 11) is 3.14. The summed E-state index contributed by atoms with van der Waals surface area (Å²) in [5.74, 6) is 0.782. The molecule has 0 spiro atoms. The van der Waals surface area contributed by atoms with Gasteiger partial charge in [0.25, 0.3) is 0 Å². The molecule has 0 saturated carbocycles. The first-order valence-corrected chi connectivity index (χ1v) is 8.36. The third-order valence-corrected chi connectivity index (χ3v) is 3.85. The summed E-state index contributed by atoms with van der Waals surface area (Å²) in [4.78, 5) is 11.9. The molecule has 0 bridgehead atoms. The van der Waals surface area contributed by atoms with Crippen LogP contribution in [0.25, 0.3) is 11.8 Å². The molecule has 2 aromatic carbocycles. The highest BCUT2D eigenvalue weighted by Gasteiger charge is 2.05. The second kappa shape index (κ2) is 8.71. The largest absolute Gasteiger partial charge is 0.493 e. The lowest BCUT2D eigenvalue weighted by Crippen LogP contribution is -2.02. The van der Waals surface area contributed by atoms with Crippen molar-refractivity contribution in [1.29, 1.82) is 0 Å². The number of para-hydroxylation sites is 1. The number of carbonyl (C=O) groups excluding carboxylic acids is 1. The third-order valence-electron chi connectivity index (χ3n) is 3.85. The maximum absolute atomic E-state index is 11.9. The number of rotatable bonds is 7. The van der Waals surface area contributed by atoms with Gasteiger partial charge in [-0.15, -0.1) is 0 Å². The van der Waals surface area contributed by atoms with E-state index in [1.54, 1.807) is 37.1 Å². The molecule has 0 amide bonds. The number of hydrogen-bond acceptors (Lipinski definition) is 5. The standard InChI is InChI=1S/C21H20N2O4/c1-25-19-10-8-16(14-20(19)26-2)9-11-21(24)27-15-17-12-13-23(22-17)18-6-4-3-5-7-18/h3-14H,15H2,1-2H3/b11-9+. The molecule has 1 aromatic heterocycles. The molecule has 0 atom stereocenters. The summed E-state index contributed by atoms with van der Waals surface area (Å²) in [5.41, 5.74) is 2.42. The fourth-order valence-corrected chi connectivity index (χ4v) is 2.48. The van der Waals surface area contributed by atoms with E-state index in [2.05, 4.69) is 5.10 Å². The molecule has 3 aromatic rings. The van der Waals surface area contributed by atoms with Gasteiger partial charge in [-0.1, -0.05) is 24.3 Å². The van der Waals surface area contributed by atoms with Crippen LogP contribution in [0.5, 0.6) is 11.5 Å². The highest BCUT2D eigenvalue weighted by Crippen LogP contribution is 2.27. The van der Waals surface area contributed by atoms with Crippen LogP contribution in [0.1, 0.15) is 11.3 Å². The average molecular weight is 364 g/mol. The fraction of sp³-hybridized carbons (Fsp3) is 0.143. The SMILES string of the molecule is COc1ccc(/C=C/C(=O)OCc2ccn(-c3ccccc3)n2)cc1OC. The van der Waals surface area contributed by atoms with Gasteiger partial charge in [0.05, 0.1) is 19.9 Å². The van der Waals surface area contributed by atoms with Crippen molar-refractivity contribution >= 4 is 12.0 Å². The predicted octanol–water partition coefficient (Wildman–Crippen LogP) is 3.65. The van der Waals surface area contributed by atoms with Crippen LogP contribution < -0.4 is 9.47 Å². The minimum atomic E-state index is -0.445. The molecule has 0 unspecified atom stereocenters. The van der Waals surface area contributed by atoms with Gasteiger partial charge in [-0.3, -0.25) is 0 Å². The zero-order valence-corrected chi connectivity index (χ0v) is 15.2. The lowest BCUT2D eigenvalue weighted by Gasteiger charge is -2.07. The molecule has 6 nitrogen and oxygen atoms in total. The van der Waals surface area contributed by atoms with Crippen LogP contribution in [0.15, 0.2) is 66.9 Å². The Balaban J connectivity index is 1.57. The summed E-state index contributed by atoms with van der Waals surface area (Å²) < 4.78 is 17.4. The summed E-state index contributed by atoms with van der Waals surface area (Å²) in [6.07, 6.45) is 4.86. The topological polar surface area (TPSA) is 62.6 Å². The number of nitrogens with zero attached hydrogens (tertiary/aromatic N) is 2. The number of ether oxygens (including phenoxy) is 3. The van der Waals surface area contributed by atoms with E-state index < -0.39 is 5.97 Å². The van der Waals surface area contributed by atoms with Crippen LogP contribution in [-0.4, -0.2) is 30.0 Å². The van der Waals surface area contributed by atoms with E-state index in [9.17, 15) is 4.79 Å². The van der Waals surface area contributed by atoms with Crippen molar-refractivity contribution in [2.24, 2.45) is 0 Å². The first-order valence-electron chi connectivity index (χ1n) is 8.36. The van der Waals surface area contributed by atoms with Gasteiger partial charge in [0.2, 0.25) is 0 Å². The zero-order chi connectivity index (χ0) is 19.1. The van der Waals surface area contributed by atoms with Gasteiger partial charge in [0, 0.05) is 12.3 Å². The first-order chi connectivity index (χ1) is 13.2. The molecule has 0 aliphatic heterocycles. The molecule has 6 heteroatoms. The summed E-state index contributed by atoms with van der Waals surface area (Å²) in [5, 5.41) is 4.40. The Morgan fingerprint density at radius 1 is 1.04 bits per heavy atom. The van der Waals surface area contributed by atoms with E-state index in [-0.39, 0.29) is 6.61 Å². The molecular weight excluding hydrogens is 344 g/mol. The minimum absolute atomic E-state index is 0.106. The molecular formula is C21H20N2O4. The summed E-state index contributed by atoms with van der Waals surface area (Å²) in [6, 6.07) is 16.9. The number of hydrogen-bond donors (Lipinski definition) is 0. The number of benzene rings is 2.